The second-order valence-corrected chi connectivity index (χ2v) is 16.7. The van der Waals surface area contributed by atoms with Crippen LogP contribution in [-0.4, -0.2) is 15.0 Å². The van der Waals surface area contributed by atoms with E-state index >= 15 is 0 Å². The first-order valence-corrected chi connectivity index (χ1v) is 19.4. The maximum absolute atomic E-state index is 5.30. The van der Waals surface area contributed by atoms with Crippen molar-refractivity contribution in [2.75, 3.05) is 0 Å². The summed E-state index contributed by atoms with van der Waals surface area (Å²) in [4.78, 5) is 15.7. The Hall–Kier alpha value is -5.19. The lowest BCUT2D eigenvalue weighted by molar-refractivity contribution is -0.0399. The van der Waals surface area contributed by atoms with Gasteiger partial charge in [0.15, 0.2) is 17.5 Å². The summed E-state index contributed by atoms with van der Waals surface area (Å²) in [6, 6.07) is 46.9. The smallest absolute Gasteiger partial charge is 0.164 e. The van der Waals surface area contributed by atoms with Crippen LogP contribution in [-0.2, 0) is 5.41 Å². The van der Waals surface area contributed by atoms with Gasteiger partial charge in [-0.2, -0.15) is 0 Å². The van der Waals surface area contributed by atoms with Gasteiger partial charge in [-0.3, -0.25) is 0 Å². The molecule has 5 aliphatic carbocycles. The zero-order valence-electron chi connectivity index (χ0n) is 28.2. The molecule has 0 amide bonds. The highest BCUT2D eigenvalue weighted by Crippen LogP contribution is 2.70. The number of benzene rings is 6. The molecule has 8 aromatic rings. The van der Waals surface area contributed by atoms with Crippen molar-refractivity contribution in [3.8, 4) is 45.3 Å². The van der Waals surface area contributed by atoms with Gasteiger partial charge in [0.25, 0.3) is 0 Å². The van der Waals surface area contributed by atoms with E-state index in [1.165, 1.54) is 79.7 Å². The van der Waals surface area contributed by atoms with Crippen LogP contribution in [0, 0.1) is 23.7 Å². The van der Waals surface area contributed by atoms with Crippen molar-refractivity contribution < 1.29 is 0 Å². The van der Waals surface area contributed by atoms with E-state index in [2.05, 4.69) is 127 Å². The van der Waals surface area contributed by atoms with Crippen LogP contribution in [0.5, 0.6) is 0 Å². The molecule has 13 rings (SSSR count). The van der Waals surface area contributed by atoms with Gasteiger partial charge in [-0.1, -0.05) is 97.1 Å². The first-order valence-electron chi connectivity index (χ1n) is 18.6. The number of hydrogen-bond donors (Lipinski definition) is 0. The zero-order chi connectivity index (χ0) is 33.3. The standard InChI is InChI=1S/C47H35N3S/c1-2-9-30(10-3-1)44-48-45(31-16-19-42-38(25-31)36-12-6-7-13-41(36)51-42)50-46(49-44)32-14-17-37-40(26-32)47(33-21-27-20-28(23-33)24-34(47)22-27)39-18-15-29-8-4-5-11-35(29)43(37)39/h1-19,25-28,33-34H,20-24H2. The number of thiophene rings is 1. The lowest BCUT2D eigenvalue weighted by Gasteiger charge is -2.61. The predicted octanol–water partition coefficient (Wildman–Crippen LogP) is 12.1. The minimum atomic E-state index is 0.0568. The molecule has 244 valence electrons. The normalized spacial score (nSPS) is 24.2. The van der Waals surface area contributed by atoms with E-state index in [0.29, 0.717) is 17.7 Å². The largest absolute Gasteiger partial charge is 0.208 e. The molecule has 51 heavy (non-hydrogen) atoms. The second kappa shape index (κ2) is 10.4. The summed E-state index contributed by atoms with van der Waals surface area (Å²) in [5.41, 5.74) is 9.16. The summed E-state index contributed by atoms with van der Waals surface area (Å²) in [6.45, 7) is 0. The first-order chi connectivity index (χ1) is 25.2. The number of aromatic nitrogens is 3. The Morgan fingerprint density at radius 3 is 1.88 bits per heavy atom. The maximum Gasteiger partial charge on any atom is 0.164 e. The van der Waals surface area contributed by atoms with Crippen LogP contribution in [0.25, 0.3) is 76.2 Å². The van der Waals surface area contributed by atoms with Gasteiger partial charge in [0.1, 0.15) is 0 Å². The van der Waals surface area contributed by atoms with E-state index in [9.17, 15) is 0 Å². The highest BCUT2D eigenvalue weighted by molar-refractivity contribution is 7.25. The molecular weight excluding hydrogens is 639 g/mol. The highest BCUT2D eigenvalue weighted by atomic mass is 32.1. The van der Waals surface area contributed by atoms with Gasteiger partial charge in [0.05, 0.1) is 0 Å². The molecule has 4 heteroatoms. The van der Waals surface area contributed by atoms with E-state index in [1.54, 1.807) is 5.56 Å². The molecule has 3 nitrogen and oxygen atoms in total. The number of hydrogen-bond acceptors (Lipinski definition) is 4. The minimum absolute atomic E-state index is 0.0568. The molecule has 4 bridgehead atoms. The minimum Gasteiger partial charge on any atom is -0.208 e. The van der Waals surface area contributed by atoms with Crippen molar-refractivity contribution in [2.24, 2.45) is 23.7 Å². The Balaban J connectivity index is 1.08. The Bertz CT molecular complexity index is 2700. The molecule has 5 aliphatic rings. The third-order valence-corrected chi connectivity index (χ3v) is 14.2. The van der Waals surface area contributed by atoms with Crippen LogP contribution in [0.1, 0.15) is 43.2 Å². The molecule has 0 radical (unpaired) electrons. The fraction of sp³-hybridized carbons (Fsp3) is 0.213. The summed E-state index contributed by atoms with van der Waals surface area (Å²) >= 11 is 1.84. The van der Waals surface area contributed by atoms with Crippen molar-refractivity contribution in [3.63, 3.8) is 0 Å². The van der Waals surface area contributed by atoms with Crippen LogP contribution in [0.2, 0.25) is 0 Å². The number of rotatable bonds is 3. The second-order valence-electron chi connectivity index (χ2n) is 15.6. The van der Waals surface area contributed by atoms with Crippen molar-refractivity contribution in [3.05, 3.63) is 139 Å². The van der Waals surface area contributed by atoms with Gasteiger partial charge in [0, 0.05) is 42.3 Å². The van der Waals surface area contributed by atoms with Crippen LogP contribution in [0.3, 0.4) is 0 Å². The SMILES string of the molecule is c1ccc(-c2nc(-c3ccc4c(c3)C3(c5ccc6ccccc6c5-4)C4CC5CC(C4)CC3C5)nc(-c3ccc4sc5ccccc5c4c3)n2)cc1. The zero-order valence-corrected chi connectivity index (χ0v) is 29.0. The summed E-state index contributed by atoms with van der Waals surface area (Å²) in [7, 11) is 0. The molecule has 0 atom stereocenters. The van der Waals surface area contributed by atoms with Crippen molar-refractivity contribution >= 4 is 42.3 Å². The van der Waals surface area contributed by atoms with Gasteiger partial charge >= 0.3 is 0 Å². The molecule has 0 saturated heterocycles. The lowest BCUT2D eigenvalue weighted by atomic mass is 9.43. The molecule has 0 N–H and O–H groups in total. The van der Waals surface area contributed by atoms with E-state index in [-0.39, 0.29) is 5.41 Å². The van der Waals surface area contributed by atoms with Crippen molar-refractivity contribution in [1.82, 2.24) is 15.0 Å². The van der Waals surface area contributed by atoms with Gasteiger partial charge in [-0.25, -0.2) is 15.0 Å². The van der Waals surface area contributed by atoms with Crippen LogP contribution >= 0.6 is 11.3 Å². The molecule has 4 saturated carbocycles. The average molecular weight is 674 g/mol. The van der Waals surface area contributed by atoms with Gasteiger partial charge in [-0.05, 0) is 119 Å². The highest BCUT2D eigenvalue weighted by Gasteiger charge is 2.61. The molecule has 4 fully saturated rings. The topological polar surface area (TPSA) is 38.7 Å². The molecular formula is C47H35N3S. The third kappa shape index (κ3) is 3.97. The average Bonchev–Trinajstić information content (AvgIpc) is 3.70. The molecule has 6 aromatic carbocycles. The van der Waals surface area contributed by atoms with Crippen molar-refractivity contribution in [2.45, 2.75) is 37.5 Å². The summed E-state index contributed by atoms with van der Waals surface area (Å²) in [5.74, 6) is 5.34. The summed E-state index contributed by atoms with van der Waals surface area (Å²) in [5, 5.41) is 5.25. The van der Waals surface area contributed by atoms with Gasteiger partial charge in [-0.15, -0.1) is 11.3 Å². The monoisotopic (exact) mass is 673 g/mol. The van der Waals surface area contributed by atoms with Gasteiger partial charge in [0.2, 0.25) is 0 Å². The number of nitrogens with zero attached hydrogens (tertiary/aromatic N) is 3. The molecule has 2 heterocycles. The van der Waals surface area contributed by atoms with E-state index in [1.807, 2.05) is 11.3 Å². The Morgan fingerprint density at radius 1 is 0.471 bits per heavy atom. The molecule has 0 aliphatic heterocycles. The van der Waals surface area contributed by atoms with Crippen LogP contribution in [0.4, 0.5) is 0 Å². The third-order valence-electron chi connectivity index (χ3n) is 13.1. The molecule has 2 aromatic heterocycles. The van der Waals surface area contributed by atoms with Crippen molar-refractivity contribution in [1.29, 1.82) is 0 Å². The van der Waals surface area contributed by atoms with E-state index < -0.39 is 0 Å². The fourth-order valence-electron chi connectivity index (χ4n) is 11.3. The fourth-order valence-corrected chi connectivity index (χ4v) is 12.4. The Kier molecular flexibility index (Phi) is 5.83. The molecule has 0 unspecified atom stereocenters. The lowest BCUT2D eigenvalue weighted by Crippen LogP contribution is -2.55. The maximum atomic E-state index is 5.30. The number of fused-ring (bicyclic) bond motifs is 8. The summed E-state index contributed by atoms with van der Waals surface area (Å²) in [6.07, 6.45) is 6.88. The van der Waals surface area contributed by atoms with E-state index in [0.717, 1.165) is 40.2 Å². The Morgan fingerprint density at radius 2 is 1.10 bits per heavy atom. The summed E-state index contributed by atoms with van der Waals surface area (Å²) < 4.78 is 2.58. The quantitative estimate of drug-likeness (QED) is 0.187. The van der Waals surface area contributed by atoms with E-state index in [4.69, 9.17) is 15.0 Å². The first kappa shape index (κ1) is 28.5. The predicted molar refractivity (Wildman–Crippen MR) is 210 cm³/mol. The van der Waals surface area contributed by atoms with Crippen LogP contribution < -0.4 is 0 Å². The van der Waals surface area contributed by atoms with Crippen LogP contribution in [0.15, 0.2) is 127 Å². The molecule has 1 spiro atoms. The van der Waals surface area contributed by atoms with Gasteiger partial charge < -0.3 is 0 Å². The Labute approximate surface area is 301 Å².